The van der Waals surface area contributed by atoms with Crippen molar-refractivity contribution in [2.75, 3.05) is 11.6 Å². The number of hydrogen-bond acceptors (Lipinski definition) is 4. The number of esters is 1. The molecule has 0 N–H and O–H groups in total. The first-order valence-corrected chi connectivity index (χ1v) is 6.62. The third-order valence-corrected chi connectivity index (χ3v) is 4.03. The Hall–Kier alpha value is -1.69. The highest BCUT2D eigenvalue weighted by atomic mass is 79.9. The Morgan fingerprint density at radius 1 is 1.42 bits per heavy atom. The molecular formula is C13H13BrN2O3. The Morgan fingerprint density at radius 3 is 2.63 bits per heavy atom. The van der Waals surface area contributed by atoms with Crippen molar-refractivity contribution in [3.8, 4) is 0 Å². The molecule has 1 unspecified atom stereocenters. The van der Waals surface area contributed by atoms with Gasteiger partial charge in [-0.3, -0.25) is 4.79 Å². The van der Waals surface area contributed by atoms with Crippen LogP contribution in [0.5, 0.6) is 0 Å². The van der Waals surface area contributed by atoms with Crippen molar-refractivity contribution in [2.45, 2.75) is 18.2 Å². The number of carbonyl (C=O) groups is 2. The summed E-state index contributed by atoms with van der Waals surface area (Å²) in [6.07, 6.45) is 0. The van der Waals surface area contributed by atoms with Crippen molar-refractivity contribution in [1.82, 2.24) is 0 Å². The number of amides is 1. The maximum atomic E-state index is 12.4. The van der Waals surface area contributed by atoms with Crippen molar-refractivity contribution >= 4 is 39.2 Å². The molecular weight excluding hydrogens is 312 g/mol. The second-order valence-corrected chi connectivity index (χ2v) is 5.21. The third kappa shape index (κ3) is 2.16. The molecule has 1 aromatic carbocycles. The van der Waals surface area contributed by atoms with Crippen LogP contribution in [-0.2, 0) is 14.3 Å². The fraction of sp³-hybridized carbons (Fsp3) is 0.308. The number of nitrogens with zero attached hydrogens (tertiary/aromatic N) is 2. The molecule has 0 saturated heterocycles. The quantitative estimate of drug-likeness (QED) is 0.486. The van der Waals surface area contributed by atoms with Crippen molar-refractivity contribution in [1.29, 1.82) is 0 Å². The standard InChI is InChI=1S/C13H13BrN2O3/c1-3-19-12(18)13(14)9(2)15-16(11(13)17)10-7-5-4-6-8-10/h4-8H,3H2,1-2H3. The van der Waals surface area contributed by atoms with Gasteiger partial charge in [-0.15, -0.1) is 0 Å². The monoisotopic (exact) mass is 324 g/mol. The molecule has 0 spiro atoms. The van der Waals surface area contributed by atoms with E-state index in [1.165, 1.54) is 5.01 Å². The second kappa shape index (κ2) is 5.13. The summed E-state index contributed by atoms with van der Waals surface area (Å²) in [6.45, 7) is 3.51. The lowest BCUT2D eigenvalue weighted by atomic mass is 10.0. The van der Waals surface area contributed by atoms with Gasteiger partial charge in [0.15, 0.2) is 0 Å². The topological polar surface area (TPSA) is 59.0 Å². The van der Waals surface area contributed by atoms with E-state index in [0.717, 1.165) is 0 Å². The summed E-state index contributed by atoms with van der Waals surface area (Å²) < 4.78 is 3.42. The number of para-hydroxylation sites is 1. The Labute approximate surface area is 119 Å². The lowest BCUT2D eigenvalue weighted by molar-refractivity contribution is -0.146. The number of benzene rings is 1. The van der Waals surface area contributed by atoms with Crippen LogP contribution in [0.15, 0.2) is 35.4 Å². The van der Waals surface area contributed by atoms with Crippen LogP contribution < -0.4 is 5.01 Å². The summed E-state index contributed by atoms with van der Waals surface area (Å²) in [6, 6.07) is 8.93. The van der Waals surface area contributed by atoms with Crippen LogP contribution >= 0.6 is 15.9 Å². The number of carbonyl (C=O) groups excluding carboxylic acids is 2. The fourth-order valence-corrected chi connectivity index (χ4v) is 2.14. The van der Waals surface area contributed by atoms with E-state index in [4.69, 9.17) is 4.74 Å². The van der Waals surface area contributed by atoms with Gasteiger partial charge in [-0.2, -0.15) is 10.1 Å². The zero-order valence-corrected chi connectivity index (χ0v) is 12.2. The fourth-order valence-electron chi connectivity index (χ4n) is 1.77. The van der Waals surface area contributed by atoms with E-state index in [0.29, 0.717) is 11.4 Å². The van der Waals surface area contributed by atoms with E-state index in [9.17, 15) is 9.59 Å². The molecule has 2 rings (SSSR count). The zero-order valence-electron chi connectivity index (χ0n) is 10.6. The minimum absolute atomic E-state index is 0.206. The minimum Gasteiger partial charge on any atom is -0.464 e. The number of ether oxygens (including phenoxy) is 1. The van der Waals surface area contributed by atoms with Crippen LogP contribution in [0.25, 0.3) is 0 Å². The van der Waals surface area contributed by atoms with Crippen molar-refractivity contribution in [3.05, 3.63) is 30.3 Å². The first-order valence-electron chi connectivity index (χ1n) is 5.83. The summed E-state index contributed by atoms with van der Waals surface area (Å²) in [5.74, 6) is -1.10. The van der Waals surface area contributed by atoms with E-state index in [1.54, 1.807) is 38.1 Å². The van der Waals surface area contributed by atoms with E-state index in [2.05, 4.69) is 21.0 Å². The number of hydrogen-bond donors (Lipinski definition) is 0. The van der Waals surface area contributed by atoms with Crippen molar-refractivity contribution < 1.29 is 14.3 Å². The van der Waals surface area contributed by atoms with Crippen LogP contribution in [0.2, 0.25) is 0 Å². The molecule has 0 fully saturated rings. The third-order valence-electron chi connectivity index (χ3n) is 2.79. The zero-order chi connectivity index (χ0) is 14.0. The molecule has 1 amide bonds. The number of halogens is 1. The summed E-state index contributed by atoms with van der Waals surface area (Å²) in [5.41, 5.74) is 0.970. The number of anilines is 1. The molecule has 0 saturated carbocycles. The molecule has 1 aliphatic rings. The average Bonchev–Trinajstić information content (AvgIpc) is 2.65. The van der Waals surface area contributed by atoms with Gasteiger partial charge in [0.25, 0.3) is 5.91 Å². The summed E-state index contributed by atoms with van der Waals surface area (Å²) in [7, 11) is 0. The average molecular weight is 325 g/mol. The van der Waals surface area contributed by atoms with E-state index in [1.807, 2.05) is 6.07 Å². The van der Waals surface area contributed by atoms with Crippen LogP contribution in [0.3, 0.4) is 0 Å². The van der Waals surface area contributed by atoms with E-state index in [-0.39, 0.29) is 6.61 Å². The van der Waals surface area contributed by atoms with Crippen LogP contribution in [0.4, 0.5) is 5.69 Å². The predicted molar refractivity (Wildman–Crippen MR) is 75.3 cm³/mol. The molecule has 19 heavy (non-hydrogen) atoms. The Kier molecular flexibility index (Phi) is 3.71. The molecule has 1 aliphatic heterocycles. The van der Waals surface area contributed by atoms with Gasteiger partial charge in [0.2, 0.25) is 4.32 Å². The van der Waals surface area contributed by atoms with Crippen LogP contribution in [0, 0.1) is 0 Å². The highest BCUT2D eigenvalue weighted by Crippen LogP contribution is 2.33. The first kappa shape index (κ1) is 13.7. The Balaban J connectivity index is 2.36. The van der Waals surface area contributed by atoms with Gasteiger partial charge in [0.1, 0.15) is 0 Å². The van der Waals surface area contributed by atoms with E-state index < -0.39 is 16.2 Å². The van der Waals surface area contributed by atoms with Gasteiger partial charge >= 0.3 is 5.97 Å². The summed E-state index contributed by atoms with van der Waals surface area (Å²) in [5, 5.41) is 5.36. The number of rotatable bonds is 3. The number of hydrazone groups is 1. The molecule has 0 bridgehead atoms. The molecule has 100 valence electrons. The minimum atomic E-state index is -1.52. The lowest BCUT2D eigenvalue weighted by Gasteiger charge is -2.19. The van der Waals surface area contributed by atoms with Gasteiger partial charge < -0.3 is 4.74 Å². The van der Waals surface area contributed by atoms with Crippen LogP contribution in [0.1, 0.15) is 13.8 Å². The normalized spacial score (nSPS) is 22.4. The summed E-state index contributed by atoms with van der Waals surface area (Å²) in [4.78, 5) is 24.4. The Morgan fingerprint density at radius 2 is 2.05 bits per heavy atom. The van der Waals surface area contributed by atoms with E-state index >= 15 is 0 Å². The van der Waals surface area contributed by atoms with Gasteiger partial charge in [0, 0.05) is 0 Å². The molecule has 1 atom stereocenters. The second-order valence-electron chi connectivity index (χ2n) is 4.02. The maximum absolute atomic E-state index is 12.4. The van der Waals surface area contributed by atoms with Gasteiger partial charge in [-0.05, 0) is 26.0 Å². The molecule has 0 aromatic heterocycles. The largest absolute Gasteiger partial charge is 0.464 e. The molecule has 0 aliphatic carbocycles. The maximum Gasteiger partial charge on any atom is 0.338 e. The highest BCUT2D eigenvalue weighted by molar-refractivity contribution is 9.11. The van der Waals surface area contributed by atoms with Gasteiger partial charge in [-0.25, -0.2) is 4.79 Å². The molecule has 6 heteroatoms. The summed E-state index contributed by atoms with van der Waals surface area (Å²) >= 11 is 3.18. The van der Waals surface area contributed by atoms with Crippen LogP contribution in [-0.4, -0.2) is 28.5 Å². The molecule has 5 nitrogen and oxygen atoms in total. The first-order chi connectivity index (χ1) is 9.01. The lowest BCUT2D eigenvalue weighted by Crippen LogP contribution is -2.48. The molecule has 0 radical (unpaired) electrons. The number of alkyl halides is 1. The SMILES string of the molecule is CCOC(=O)C1(Br)C(=O)N(c2ccccc2)N=C1C. The van der Waals surface area contributed by atoms with Crippen molar-refractivity contribution in [2.24, 2.45) is 5.10 Å². The smallest absolute Gasteiger partial charge is 0.338 e. The van der Waals surface area contributed by atoms with Gasteiger partial charge in [-0.1, -0.05) is 34.1 Å². The molecule has 1 heterocycles. The Bertz CT molecular complexity index is 544. The van der Waals surface area contributed by atoms with Crippen molar-refractivity contribution in [3.63, 3.8) is 0 Å². The predicted octanol–water partition coefficient (Wildman–Crippen LogP) is 2.11. The van der Waals surface area contributed by atoms with Gasteiger partial charge in [0.05, 0.1) is 18.0 Å². The highest BCUT2D eigenvalue weighted by Gasteiger charge is 2.55. The molecule has 1 aromatic rings.